The Labute approximate surface area is 93.7 Å². The third kappa shape index (κ3) is 1.13. The SMILES string of the molecule is O=C(O)C1(CO)C2C=CC(C2)C1(F)C(F)(F)F. The lowest BCUT2D eigenvalue weighted by Crippen LogP contribution is -2.62. The first-order valence-corrected chi connectivity index (χ1v) is 5.00. The Morgan fingerprint density at radius 3 is 2.24 bits per heavy atom. The summed E-state index contributed by atoms with van der Waals surface area (Å²) in [5, 5.41) is 18.0. The van der Waals surface area contributed by atoms with Crippen LogP contribution in [0.2, 0.25) is 0 Å². The molecule has 4 unspecified atom stereocenters. The van der Waals surface area contributed by atoms with Crippen LogP contribution in [-0.4, -0.2) is 34.6 Å². The number of carbonyl (C=O) groups is 1. The molecule has 0 aromatic carbocycles. The number of aliphatic hydroxyl groups excluding tert-OH is 1. The monoisotopic (exact) mass is 254 g/mol. The zero-order valence-corrected chi connectivity index (χ0v) is 8.54. The van der Waals surface area contributed by atoms with Gasteiger partial charge in [-0.1, -0.05) is 12.2 Å². The molecule has 96 valence electrons. The molecule has 2 aliphatic rings. The molecule has 17 heavy (non-hydrogen) atoms. The van der Waals surface area contributed by atoms with E-state index in [2.05, 4.69) is 0 Å². The summed E-state index contributed by atoms with van der Waals surface area (Å²) in [5.41, 5.74) is -6.72. The van der Waals surface area contributed by atoms with Gasteiger partial charge in [0.05, 0.1) is 6.61 Å². The smallest absolute Gasteiger partial charge is 0.424 e. The van der Waals surface area contributed by atoms with E-state index >= 15 is 0 Å². The number of fused-ring (bicyclic) bond motifs is 2. The lowest BCUT2D eigenvalue weighted by Gasteiger charge is -2.42. The molecule has 0 amide bonds. The minimum atomic E-state index is -5.32. The van der Waals surface area contributed by atoms with E-state index in [1.54, 1.807) is 0 Å². The van der Waals surface area contributed by atoms with Crippen molar-refractivity contribution < 1.29 is 32.6 Å². The average molecular weight is 254 g/mol. The Bertz CT molecular complexity index is 392. The maximum atomic E-state index is 14.4. The summed E-state index contributed by atoms with van der Waals surface area (Å²) in [5.74, 6) is -4.60. The molecule has 0 radical (unpaired) electrons. The standard InChI is InChI=1S/C10H10F4O3/c11-9(10(12,13)14)6-2-1-5(3-6)8(9,4-15)7(16)17/h1-2,5-6,15H,3-4H2,(H,16,17). The third-order valence-corrected chi connectivity index (χ3v) is 3.92. The molecule has 2 bridgehead atoms. The summed E-state index contributed by atoms with van der Waals surface area (Å²) < 4.78 is 53.0. The van der Waals surface area contributed by atoms with Crippen molar-refractivity contribution in [3.63, 3.8) is 0 Å². The molecular weight excluding hydrogens is 244 g/mol. The first-order valence-electron chi connectivity index (χ1n) is 5.00. The van der Waals surface area contributed by atoms with Crippen LogP contribution >= 0.6 is 0 Å². The van der Waals surface area contributed by atoms with Crippen molar-refractivity contribution in [1.29, 1.82) is 0 Å². The fourth-order valence-electron chi connectivity index (χ4n) is 3.04. The van der Waals surface area contributed by atoms with Gasteiger partial charge < -0.3 is 10.2 Å². The largest absolute Gasteiger partial charge is 0.481 e. The van der Waals surface area contributed by atoms with Crippen LogP contribution in [0.25, 0.3) is 0 Å². The molecule has 0 heterocycles. The zero-order chi connectivity index (χ0) is 13.1. The van der Waals surface area contributed by atoms with E-state index in [-0.39, 0.29) is 6.42 Å². The summed E-state index contributed by atoms with van der Waals surface area (Å²) >= 11 is 0. The third-order valence-electron chi connectivity index (χ3n) is 3.92. The fourth-order valence-corrected chi connectivity index (χ4v) is 3.04. The van der Waals surface area contributed by atoms with Crippen molar-refractivity contribution >= 4 is 5.97 Å². The lowest BCUT2D eigenvalue weighted by molar-refractivity contribution is -0.280. The van der Waals surface area contributed by atoms with Gasteiger partial charge in [0.1, 0.15) is 5.41 Å². The van der Waals surface area contributed by atoms with E-state index in [1.165, 1.54) is 6.08 Å². The highest BCUT2D eigenvalue weighted by Crippen LogP contribution is 2.65. The number of alkyl halides is 4. The van der Waals surface area contributed by atoms with Gasteiger partial charge in [0.15, 0.2) is 0 Å². The number of aliphatic carboxylic acids is 1. The second kappa shape index (κ2) is 3.22. The number of carboxylic acid groups (broad SMARTS) is 1. The van der Waals surface area contributed by atoms with Crippen LogP contribution in [0.3, 0.4) is 0 Å². The zero-order valence-electron chi connectivity index (χ0n) is 8.54. The lowest BCUT2D eigenvalue weighted by atomic mass is 9.66. The number of aliphatic hydroxyl groups is 1. The Balaban J connectivity index is 2.64. The topological polar surface area (TPSA) is 57.5 Å². The van der Waals surface area contributed by atoms with Gasteiger partial charge in [-0.15, -0.1) is 0 Å². The summed E-state index contributed by atoms with van der Waals surface area (Å²) in [6, 6.07) is 0. The highest BCUT2D eigenvalue weighted by molar-refractivity contribution is 5.79. The van der Waals surface area contributed by atoms with Crippen LogP contribution in [-0.2, 0) is 4.79 Å². The number of rotatable bonds is 2. The Morgan fingerprint density at radius 2 is 1.88 bits per heavy atom. The number of allylic oxidation sites excluding steroid dienone is 2. The fraction of sp³-hybridized carbons (Fsp3) is 0.700. The van der Waals surface area contributed by atoms with Gasteiger partial charge in [0.25, 0.3) is 0 Å². The minimum absolute atomic E-state index is 0.233. The number of hydrogen-bond acceptors (Lipinski definition) is 2. The molecule has 3 nitrogen and oxygen atoms in total. The summed E-state index contributed by atoms with van der Waals surface area (Å²) in [6.07, 6.45) is -3.26. The van der Waals surface area contributed by atoms with Crippen LogP contribution < -0.4 is 0 Å². The molecule has 0 spiro atoms. The average Bonchev–Trinajstić information content (AvgIpc) is 2.74. The number of hydrogen-bond donors (Lipinski definition) is 2. The van der Waals surface area contributed by atoms with Gasteiger partial charge in [-0.25, -0.2) is 4.39 Å². The molecule has 0 aromatic rings. The van der Waals surface area contributed by atoms with Crippen molar-refractivity contribution in [1.82, 2.24) is 0 Å². The first-order chi connectivity index (χ1) is 7.71. The molecule has 4 atom stereocenters. The Morgan fingerprint density at radius 1 is 1.35 bits per heavy atom. The van der Waals surface area contributed by atoms with Crippen LogP contribution in [0.5, 0.6) is 0 Å². The minimum Gasteiger partial charge on any atom is -0.481 e. The van der Waals surface area contributed by atoms with Crippen molar-refractivity contribution in [2.45, 2.75) is 18.3 Å². The second-order valence-corrected chi connectivity index (χ2v) is 4.48. The number of halogens is 4. The molecule has 0 aromatic heterocycles. The molecule has 2 aliphatic carbocycles. The maximum absolute atomic E-state index is 14.4. The quantitative estimate of drug-likeness (QED) is 0.580. The van der Waals surface area contributed by atoms with Gasteiger partial charge in [0, 0.05) is 5.92 Å². The predicted octanol–water partition coefficient (Wildman–Crippen LogP) is 1.53. The van der Waals surface area contributed by atoms with E-state index in [4.69, 9.17) is 10.2 Å². The first kappa shape index (κ1) is 12.3. The van der Waals surface area contributed by atoms with Gasteiger partial charge in [-0.05, 0) is 12.3 Å². The second-order valence-electron chi connectivity index (χ2n) is 4.48. The maximum Gasteiger partial charge on any atom is 0.424 e. The molecule has 2 rings (SSSR count). The van der Waals surface area contributed by atoms with Crippen molar-refractivity contribution in [2.75, 3.05) is 6.61 Å². The van der Waals surface area contributed by atoms with Gasteiger partial charge in [-0.3, -0.25) is 4.79 Å². The highest BCUT2D eigenvalue weighted by atomic mass is 19.4. The van der Waals surface area contributed by atoms with E-state index in [9.17, 15) is 22.4 Å². The molecule has 0 saturated heterocycles. The summed E-state index contributed by atoms with van der Waals surface area (Å²) in [7, 11) is 0. The molecular formula is C10H10F4O3. The molecule has 0 aliphatic heterocycles. The van der Waals surface area contributed by atoms with Crippen LogP contribution in [0, 0.1) is 17.3 Å². The van der Waals surface area contributed by atoms with E-state index in [1.807, 2.05) is 0 Å². The van der Waals surface area contributed by atoms with Gasteiger partial charge in [0.2, 0.25) is 5.67 Å². The van der Waals surface area contributed by atoms with Gasteiger partial charge >= 0.3 is 12.1 Å². The van der Waals surface area contributed by atoms with Crippen LogP contribution in [0.15, 0.2) is 12.2 Å². The highest BCUT2D eigenvalue weighted by Gasteiger charge is 2.81. The van der Waals surface area contributed by atoms with Crippen molar-refractivity contribution in [2.24, 2.45) is 17.3 Å². The number of carboxylic acids is 1. The Hall–Kier alpha value is -1.11. The Kier molecular flexibility index (Phi) is 2.34. The predicted molar refractivity (Wildman–Crippen MR) is 47.8 cm³/mol. The van der Waals surface area contributed by atoms with E-state index in [0.29, 0.717) is 0 Å². The normalized spacial score (nSPS) is 44.3. The van der Waals surface area contributed by atoms with Crippen LogP contribution in [0.4, 0.5) is 17.6 Å². The molecule has 1 fully saturated rings. The van der Waals surface area contributed by atoms with Crippen molar-refractivity contribution in [3.05, 3.63) is 12.2 Å². The molecule has 1 saturated carbocycles. The van der Waals surface area contributed by atoms with Gasteiger partial charge in [-0.2, -0.15) is 13.2 Å². The van der Waals surface area contributed by atoms with E-state index < -0.39 is 41.7 Å². The van der Waals surface area contributed by atoms with Crippen molar-refractivity contribution in [3.8, 4) is 0 Å². The summed E-state index contributed by atoms with van der Waals surface area (Å²) in [4.78, 5) is 11.1. The van der Waals surface area contributed by atoms with E-state index in [0.717, 1.165) is 6.08 Å². The summed E-state index contributed by atoms with van der Waals surface area (Å²) in [6.45, 7) is -1.37. The molecule has 2 N–H and O–H groups in total. The molecule has 7 heteroatoms. The van der Waals surface area contributed by atoms with Crippen LogP contribution in [0.1, 0.15) is 6.42 Å².